The molecular formula is C17H18FNO. The Balaban J connectivity index is 2.21. The molecule has 1 atom stereocenters. The average Bonchev–Trinajstić information content (AvgIpc) is 2.47. The molecule has 20 heavy (non-hydrogen) atoms. The predicted octanol–water partition coefficient (Wildman–Crippen LogP) is 4.59. The molecule has 104 valence electrons. The van der Waals surface area contributed by atoms with Crippen LogP contribution in [-0.4, -0.2) is 5.91 Å². The second-order valence-electron chi connectivity index (χ2n) is 4.86. The zero-order chi connectivity index (χ0) is 14.5. The summed E-state index contributed by atoms with van der Waals surface area (Å²) in [7, 11) is 0. The standard InChI is InChI=1S/C17H18FNO/c1-3-12(2)15-6-4-5-7-16(15)19-17(20)13-8-10-14(18)11-9-13/h4-12H,3H2,1-2H3,(H,19,20). The molecule has 1 amide bonds. The summed E-state index contributed by atoms with van der Waals surface area (Å²) < 4.78 is 12.9. The maximum atomic E-state index is 12.9. The van der Waals surface area contributed by atoms with Crippen molar-refractivity contribution in [3.8, 4) is 0 Å². The summed E-state index contributed by atoms with van der Waals surface area (Å²) in [6.07, 6.45) is 1.00. The highest BCUT2D eigenvalue weighted by atomic mass is 19.1. The third-order valence-corrected chi connectivity index (χ3v) is 3.46. The largest absolute Gasteiger partial charge is 0.322 e. The van der Waals surface area contributed by atoms with E-state index < -0.39 is 0 Å². The van der Waals surface area contributed by atoms with E-state index in [1.54, 1.807) is 0 Å². The van der Waals surface area contributed by atoms with E-state index in [1.165, 1.54) is 24.3 Å². The predicted molar refractivity (Wildman–Crippen MR) is 79.5 cm³/mol. The second-order valence-corrected chi connectivity index (χ2v) is 4.86. The number of rotatable bonds is 4. The van der Waals surface area contributed by atoms with Crippen molar-refractivity contribution >= 4 is 11.6 Å². The van der Waals surface area contributed by atoms with Crippen LogP contribution in [-0.2, 0) is 0 Å². The monoisotopic (exact) mass is 271 g/mol. The third-order valence-electron chi connectivity index (χ3n) is 3.46. The molecule has 2 aromatic rings. The lowest BCUT2D eigenvalue weighted by Crippen LogP contribution is -2.13. The van der Waals surface area contributed by atoms with Crippen LogP contribution in [0.15, 0.2) is 48.5 Å². The Morgan fingerprint density at radius 3 is 2.45 bits per heavy atom. The van der Waals surface area contributed by atoms with Crippen LogP contribution in [0.2, 0.25) is 0 Å². The molecule has 3 heteroatoms. The number of amides is 1. The van der Waals surface area contributed by atoms with Gasteiger partial charge in [-0.15, -0.1) is 0 Å². The maximum absolute atomic E-state index is 12.9. The highest BCUT2D eigenvalue weighted by Gasteiger charge is 2.12. The molecule has 0 bridgehead atoms. The van der Waals surface area contributed by atoms with Crippen LogP contribution in [0.3, 0.4) is 0 Å². The molecule has 2 nitrogen and oxygen atoms in total. The van der Waals surface area contributed by atoms with Crippen molar-refractivity contribution in [3.63, 3.8) is 0 Å². The third kappa shape index (κ3) is 3.23. The van der Waals surface area contributed by atoms with Gasteiger partial charge in [0.2, 0.25) is 0 Å². The van der Waals surface area contributed by atoms with Gasteiger partial charge >= 0.3 is 0 Å². The summed E-state index contributed by atoms with van der Waals surface area (Å²) >= 11 is 0. The zero-order valence-electron chi connectivity index (χ0n) is 11.7. The molecule has 0 saturated heterocycles. The van der Waals surface area contributed by atoms with E-state index in [0.717, 1.165) is 17.7 Å². The SMILES string of the molecule is CCC(C)c1ccccc1NC(=O)c1ccc(F)cc1. The fourth-order valence-electron chi connectivity index (χ4n) is 2.06. The normalized spacial score (nSPS) is 11.9. The lowest BCUT2D eigenvalue weighted by molar-refractivity contribution is 0.102. The lowest BCUT2D eigenvalue weighted by atomic mass is 9.97. The van der Waals surface area contributed by atoms with Crippen LogP contribution in [0.4, 0.5) is 10.1 Å². The van der Waals surface area contributed by atoms with Gasteiger partial charge < -0.3 is 5.32 Å². The molecule has 0 aliphatic heterocycles. The summed E-state index contributed by atoms with van der Waals surface area (Å²) in [5.41, 5.74) is 2.38. The Hall–Kier alpha value is -2.16. The number of benzene rings is 2. The van der Waals surface area contributed by atoms with Crippen LogP contribution in [0.25, 0.3) is 0 Å². The number of nitrogens with one attached hydrogen (secondary N) is 1. The summed E-state index contributed by atoms with van der Waals surface area (Å²) in [5, 5.41) is 2.90. The van der Waals surface area contributed by atoms with E-state index in [4.69, 9.17) is 0 Å². The van der Waals surface area contributed by atoms with Gasteiger partial charge in [-0.1, -0.05) is 32.0 Å². The van der Waals surface area contributed by atoms with Gasteiger partial charge in [0, 0.05) is 11.3 Å². The van der Waals surface area contributed by atoms with Gasteiger partial charge in [-0.2, -0.15) is 0 Å². The van der Waals surface area contributed by atoms with Crippen LogP contribution < -0.4 is 5.32 Å². The van der Waals surface area contributed by atoms with Gasteiger partial charge in [0.15, 0.2) is 0 Å². The lowest BCUT2D eigenvalue weighted by Gasteiger charge is -2.15. The second kappa shape index (κ2) is 6.33. The fraction of sp³-hybridized carbons (Fsp3) is 0.235. The number of carbonyl (C=O) groups is 1. The minimum atomic E-state index is -0.346. The summed E-state index contributed by atoms with van der Waals surface area (Å²) in [6, 6.07) is 13.3. The van der Waals surface area contributed by atoms with E-state index in [1.807, 2.05) is 24.3 Å². The molecule has 1 unspecified atom stereocenters. The summed E-state index contributed by atoms with van der Waals surface area (Å²) in [4.78, 5) is 12.2. The minimum absolute atomic E-state index is 0.222. The Morgan fingerprint density at radius 1 is 1.15 bits per heavy atom. The van der Waals surface area contributed by atoms with Crippen LogP contribution in [0.5, 0.6) is 0 Å². The number of hydrogen-bond donors (Lipinski definition) is 1. The van der Waals surface area contributed by atoms with Gasteiger partial charge in [0.1, 0.15) is 5.82 Å². The van der Waals surface area contributed by atoms with Gasteiger partial charge in [0.25, 0.3) is 5.91 Å². The van der Waals surface area contributed by atoms with Crippen LogP contribution >= 0.6 is 0 Å². The number of hydrogen-bond acceptors (Lipinski definition) is 1. The molecule has 2 rings (SSSR count). The molecular weight excluding hydrogens is 253 g/mol. The molecule has 0 aliphatic rings. The molecule has 0 heterocycles. The Bertz CT molecular complexity index is 592. The van der Waals surface area contributed by atoms with E-state index in [9.17, 15) is 9.18 Å². The molecule has 2 aromatic carbocycles. The minimum Gasteiger partial charge on any atom is -0.322 e. The quantitative estimate of drug-likeness (QED) is 0.865. The van der Waals surface area contributed by atoms with E-state index >= 15 is 0 Å². The highest BCUT2D eigenvalue weighted by Crippen LogP contribution is 2.26. The molecule has 0 aliphatic carbocycles. The summed E-state index contributed by atoms with van der Waals surface area (Å²) in [5.74, 6) is -0.193. The Morgan fingerprint density at radius 2 is 1.80 bits per heavy atom. The maximum Gasteiger partial charge on any atom is 0.255 e. The molecule has 1 N–H and O–H groups in total. The first-order valence-corrected chi connectivity index (χ1v) is 6.77. The van der Waals surface area contributed by atoms with Crippen molar-refractivity contribution in [3.05, 3.63) is 65.5 Å². The van der Waals surface area contributed by atoms with Crippen molar-refractivity contribution in [1.82, 2.24) is 0 Å². The van der Waals surface area contributed by atoms with E-state index in [0.29, 0.717) is 11.5 Å². The Kier molecular flexibility index (Phi) is 4.51. The first kappa shape index (κ1) is 14.3. The van der Waals surface area contributed by atoms with Crippen molar-refractivity contribution in [2.24, 2.45) is 0 Å². The van der Waals surface area contributed by atoms with Crippen molar-refractivity contribution in [2.75, 3.05) is 5.32 Å². The topological polar surface area (TPSA) is 29.1 Å². The van der Waals surface area contributed by atoms with E-state index in [-0.39, 0.29) is 11.7 Å². The van der Waals surface area contributed by atoms with Gasteiger partial charge in [-0.25, -0.2) is 4.39 Å². The van der Waals surface area contributed by atoms with Crippen LogP contribution in [0, 0.1) is 5.82 Å². The van der Waals surface area contributed by atoms with E-state index in [2.05, 4.69) is 19.2 Å². The van der Waals surface area contributed by atoms with Crippen molar-refractivity contribution in [1.29, 1.82) is 0 Å². The smallest absolute Gasteiger partial charge is 0.255 e. The van der Waals surface area contributed by atoms with Crippen molar-refractivity contribution in [2.45, 2.75) is 26.2 Å². The molecule has 0 spiro atoms. The highest BCUT2D eigenvalue weighted by molar-refractivity contribution is 6.04. The first-order valence-electron chi connectivity index (χ1n) is 6.77. The molecule has 0 radical (unpaired) electrons. The first-order chi connectivity index (χ1) is 9.61. The van der Waals surface area contributed by atoms with Gasteiger partial charge in [-0.05, 0) is 48.2 Å². The fourth-order valence-corrected chi connectivity index (χ4v) is 2.06. The number of carbonyl (C=O) groups excluding carboxylic acids is 1. The number of anilines is 1. The van der Waals surface area contributed by atoms with Crippen molar-refractivity contribution < 1.29 is 9.18 Å². The van der Waals surface area contributed by atoms with Gasteiger partial charge in [0.05, 0.1) is 0 Å². The molecule has 0 aromatic heterocycles. The van der Waals surface area contributed by atoms with Gasteiger partial charge in [-0.3, -0.25) is 4.79 Å². The summed E-state index contributed by atoms with van der Waals surface area (Å²) in [6.45, 7) is 4.24. The Labute approximate surface area is 118 Å². The van der Waals surface area contributed by atoms with Crippen LogP contribution in [0.1, 0.15) is 42.1 Å². The average molecular weight is 271 g/mol. The molecule has 0 fully saturated rings. The molecule has 0 saturated carbocycles. The zero-order valence-corrected chi connectivity index (χ0v) is 11.7. The number of para-hydroxylation sites is 1. The number of halogens is 1.